The number of carbonyl (C=O) groups excluding carboxylic acids is 3. The minimum atomic E-state index is -2.36. The van der Waals surface area contributed by atoms with Crippen LogP contribution in [0.1, 0.15) is 56.8 Å². The Morgan fingerprint density at radius 1 is 1.13 bits per heavy atom. The molecule has 1 aromatic carbocycles. The first-order valence-electron chi connectivity index (χ1n) is 10.4. The minimum absolute atomic E-state index is 0.104. The third-order valence-corrected chi connectivity index (χ3v) is 5.96. The summed E-state index contributed by atoms with van der Waals surface area (Å²) >= 11 is 0. The Morgan fingerprint density at radius 2 is 1.87 bits per heavy atom. The van der Waals surface area contributed by atoms with Gasteiger partial charge in [0, 0.05) is 31.3 Å². The maximum absolute atomic E-state index is 12.7. The van der Waals surface area contributed by atoms with Crippen LogP contribution >= 0.6 is 0 Å². The highest BCUT2D eigenvalue weighted by Gasteiger charge is 2.38. The molecule has 3 heterocycles. The SMILES string of the molecule is O=C(NC1CCN(CC(F)F)CC1)c1ccc2c(c1)C(=O)N(CC1CCCO1)C2=O. The second-order valence-corrected chi connectivity index (χ2v) is 8.06. The van der Waals surface area contributed by atoms with Gasteiger partial charge in [0.1, 0.15) is 0 Å². The molecule has 2 fully saturated rings. The number of halogens is 2. The van der Waals surface area contributed by atoms with E-state index < -0.39 is 12.3 Å². The van der Waals surface area contributed by atoms with Gasteiger partial charge in [-0.1, -0.05) is 0 Å². The summed E-state index contributed by atoms with van der Waals surface area (Å²) < 4.78 is 30.5. The number of piperidine rings is 1. The van der Waals surface area contributed by atoms with E-state index in [1.807, 2.05) is 0 Å². The first kappa shape index (κ1) is 20.9. The van der Waals surface area contributed by atoms with E-state index in [0.717, 1.165) is 12.8 Å². The Hall–Kier alpha value is -2.39. The smallest absolute Gasteiger partial charge is 0.261 e. The van der Waals surface area contributed by atoms with Crippen molar-refractivity contribution >= 4 is 17.7 Å². The zero-order chi connectivity index (χ0) is 21.3. The van der Waals surface area contributed by atoms with Crippen molar-refractivity contribution in [1.82, 2.24) is 15.1 Å². The van der Waals surface area contributed by atoms with Gasteiger partial charge in [0.15, 0.2) is 0 Å². The van der Waals surface area contributed by atoms with Crippen LogP contribution in [0.5, 0.6) is 0 Å². The van der Waals surface area contributed by atoms with E-state index in [4.69, 9.17) is 4.74 Å². The monoisotopic (exact) mass is 421 g/mol. The lowest BCUT2D eigenvalue weighted by Gasteiger charge is -2.32. The second kappa shape index (κ2) is 8.77. The lowest BCUT2D eigenvalue weighted by atomic mass is 10.0. The highest BCUT2D eigenvalue weighted by atomic mass is 19.3. The number of carbonyl (C=O) groups is 3. The number of likely N-dealkylation sites (tertiary alicyclic amines) is 1. The first-order valence-corrected chi connectivity index (χ1v) is 10.4. The highest BCUT2D eigenvalue weighted by molar-refractivity contribution is 6.22. The van der Waals surface area contributed by atoms with E-state index in [1.54, 1.807) is 11.0 Å². The first-order chi connectivity index (χ1) is 14.4. The van der Waals surface area contributed by atoms with Gasteiger partial charge >= 0.3 is 0 Å². The van der Waals surface area contributed by atoms with Crippen LogP contribution in [0.4, 0.5) is 8.78 Å². The number of fused-ring (bicyclic) bond motifs is 1. The number of ether oxygens (including phenoxy) is 1. The quantitative estimate of drug-likeness (QED) is 0.710. The molecule has 0 saturated carbocycles. The summed E-state index contributed by atoms with van der Waals surface area (Å²) in [6.45, 7) is 1.63. The standard InChI is InChI=1S/C21H25F2N3O4/c22-18(23)12-25-7-5-14(6-8-25)24-19(27)13-3-4-16-17(10-13)21(29)26(20(16)28)11-15-2-1-9-30-15/h3-4,10,14-15,18H,1-2,5-9,11-12H2,(H,24,27). The van der Waals surface area contributed by atoms with Gasteiger partial charge in [-0.2, -0.15) is 0 Å². The van der Waals surface area contributed by atoms with Gasteiger partial charge < -0.3 is 10.1 Å². The van der Waals surface area contributed by atoms with E-state index in [2.05, 4.69) is 5.32 Å². The van der Waals surface area contributed by atoms with Gasteiger partial charge in [-0.05, 0) is 43.9 Å². The highest BCUT2D eigenvalue weighted by Crippen LogP contribution is 2.26. The Kier molecular flexibility index (Phi) is 6.10. The average Bonchev–Trinajstić information content (AvgIpc) is 3.32. The van der Waals surface area contributed by atoms with Crippen LogP contribution in [0.15, 0.2) is 18.2 Å². The molecule has 3 aliphatic rings. The van der Waals surface area contributed by atoms with Crippen LogP contribution in [-0.2, 0) is 4.74 Å². The molecule has 0 aliphatic carbocycles. The van der Waals surface area contributed by atoms with Crippen molar-refractivity contribution in [1.29, 1.82) is 0 Å². The number of nitrogens with one attached hydrogen (secondary N) is 1. The minimum Gasteiger partial charge on any atom is -0.376 e. The number of rotatable bonds is 6. The summed E-state index contributed by atoms with van der Waals surface area (Å²) in [6, 6.07) is 4.42. The van der Waals surface area contributed by atoms with Gasteiger partial charge in [-0.15, -0.1) is 0 Å². The zero-order valence-electron chi connectivity index (χ0n) is 16.6. The molecule has 0 radical (unpaired) electrons. The predicted octanol–water partition coefficient (Wildman–Crippen LogP) is 1.92. The van der Waals surface area contributed by atoms with Crippen LogP contribution in [0.25, 0.3) is 0 Å². The van der Waals surface area contributed by atoms with Crippen LogP contribution in [0, 0.1) is 0 Å². The lowest BCUT2D eigenvalue weighted by molar-refractivity contribution is 0.0475. The number of hydrogen-bond donors (Lipinski definition) is 1. The van der Waals surface area contributed by atoms with Crippen molar-refractivity contribution in [3.63, 3.8) is 0 Å². The number of nitrogens with zero attached hydrogens (tertiary/aromatic N) is 2. The van der Waals surface area contributed by atoms with Gasteiger partial charge in [0.25, 0.3) is 24.1 Å². The van der Waals surface area contributed by atoms with Crippen molar-refractivity contribution in [2.45, 2.75) is 44.3 Å². The summed E-state index contributed by atoms with van der Waals surface area (Å²) in [4.78, 5) is 40.9. The van der Waals surface area contributed by atoms with Crippen LogP contribution in [-0.4, -0.2) is 78.9 Å². The molecule has 0 bridgehead atoms. The Morgan fingerprint density at radius 3 is 2.53 bits per heavy atom. The number of imide groups is 1. The molecule has 30 heavy (non-hydrogen) atoms. The molecule has 1 N–H and O–H groups in total. The predicted molar refractivity (Wildman–Crippen MR) is 104 cm³/mol. The topological polar surface area (TPSA) is 79.0 Å². The molecule has 162 valence electrons. The Bertz CT molecular complexity index is 834. The molecule has 3 amide bonds. The molecule has 0 spiro atoms. The van der Waals surface area contributed by atoms with Crippen LogP contribution in [0.3, 0.4) is 0 Å². The molecule has 9 heteroatoms. The van der Waals surface area contributed by atoms with Crippen molar-refractivity contribution in [3.05, 3.63) is 34.9 Å². The molecule has 0 aromatic heterocycles. The zero-order valence-corrected chi connectivity index (χ0v) is 16.6. The molecule has 3 aliphatic heterocycles. The largest absolute Gasteiger partial charge is 0.376 e. The Labute approximate surface area is 173 Å². The van der Waals surface area contributed by atoms with Crippen molar-refractivity contribution in [2.75, 3.05) is 32.8 Å². The number of amides is 3. The van der Waals surface area contributed by atoms with E-state index in [0.29, 0.717) is 43.7 Å². The van der Waals surface area contributed by atoms with Gasteiger partial charge in [0.05, 0.1) is 30.3 Å². The molecule has 2 saturated heterocycles. The average molecular weight is 421 g/mol. The molecule has 7 nitrogen and oxygen atoms in total. The third-order valence-electron chi connectivity index (χ3n) is 5.96. The van der Waals surface area contributed by atoms with E-state index >= 15 is 0 Å². The van der Waals surface area contributed by atoms with E-state index in [9.17, 15) is 23.2 Å². The Balaban J connectivity index is 1.38. The lowest BCUT2D eigenvalue weighted by Crippen LogP contribution is -2.45. The van der Waals surface area contributed by atoms with E-state index in [-0.39, 0.29) is 42.6 Å². The van der Waals surface area contributed by atoms with Crippen molar-refractivity contribution in [3.8, 4) is 0 Å². The summed E-state index contributed by atoms with van der Waals surface area (Å²) in [5, 5.41) is 2.91. The molecular weight excluding hydrogens is 396 g/mol. The fraction of sp³-hybridized carbons (Fsp3) is 0.571. The fourth-order valence-electron chi connectivity index (χ4n) is 4.31. The van der Waals surface area contributed by atoms with Gasteiger partial charge in [-0.3, -0.25) is 24.2 Å². The van der Waals surface area contributed by atoms with Crippen LogP contribution in [0.2, 0.25) is 0 Å². The fourth-order valence-corrected chi connectivity index (χ4v) is 4.31. The van der Waals surface area contributed by atoms with Gasteiger partial charge in [-0.25, -0.2) is 8.78 Å². The van der Waals surface area contributed by atoms with Crippen molar-refractivity contribution < 1.29 is 27.9 Å². The summed E-state index contributed by atoms with van der Waals surface area (Å²) in [5.74, 6) is -1.09. The van der Waals surface area contributed by atoms with E-state index in [1.165, 1.54) is 17.0 Å². The third kappa shape index (κ3) is 4.37. The van der Waals surface area contributed by atoms with Crippen LogP contribution < -0.4 is 5.32 Å². The second-order valence-electron chi connectivity index (χ2n) is 8.06. The molecule has 1 unspecified atom stereocenters. The molecule has 1 aromatic rings. The maximum Gasteiger partial charge on any atom is 0.261 e. The van der Waals surface area contributed by atoms with Gasteiger partial charge in [0.2, 0.25) is 0 Å². The maximum atomic E-state index is 12.7. The molecule has 1 atom stereocenters. The normalized spacial score (nSPS) is 22.8. The summed E-state index contributed by atoms with van der Waals surface area (Å²) in [7, 11) is 0. The number of benzene rings is 1. The summed E-state index contributed by atoms with van der Waals surface area (Å²) in [5.41, 5.74) is 0.844. The number of alkyl halides is 2. The number of hydrogen-bond acceptors (Lipinski definition) is 5. The molecule has 4 rings (SSSR count). The van der Waals surface area contributed by atoms with Crippen molar-refractivity contribution in [2.24, 2.45) is 0 Å². The summed E-state index contributed by atoms with van der Waals surface area (Å²) in [6.07, 6.45) is 0.427. The molecular formula is C21H25F2N3O4.